The predicted octanol–water partition coefficient (Wildman–Crippen LogP) is 6.13. The van der Waals surface area contributed by atoms with E-state index in [1.54, 1.807) is 18.9 Å². The number of methoxy groups -OCH3 is 1. The maximum atomic E-state index is 12.8. The normalized spacial score (nSPS) is 16.6. The fourth-order valence-corrected chi connectivity index (χ4v) is 6.49. The summed E-state index contributed by atoms with van der Waals surface area (Å²) < 4.78 is 11.6. The van der Waals surface area contributed by atoms with E-state index in [-0.39, 0.29) is 11.9 Å². The molecular formula is C25H25NO4S2. The Hall–Kier alpha value is -2.77. The van der Waals surface area contributed by atoms with Gasteiger partial charge in [-0.25, -0.2) is 4.79 Å². The van der Waals surface area contributed by atoms with Crippen LogP contribution >= 0.6 is 23.1 Å². The smallest absolute Gasteiger partial charge is 0.348 e. The van der Waals surface area contributed by atoms with Crippen molar-refractivity contribution in [2.45, 2.75) is 35.6 Å². The van der Waals surface area contributed by atoms with Crippen LogP contribution in [0.5, 0.6) is 5.75 Å². The summed E-state index contributed by atoms with van der Waals surface area (Å²) in [5, 5.41) is 13.6. The second-order valence-electron chi connectivity index (χ2n) is 7.49. The minimum atomic E-state index is -0.312. The molecule has 4 rings (SSSR count). The molecule has 1 unspecified atom stereocenters. The first-order chi connectivity index (χ1) is 15.6. The fraction of sp³-hybridized carbons (Fsp3) is 0.280. The molecule has 32 heavy (non-hydrogen) atoms. The molecule has 0 saturated heterocycles. The molecule has 0 radical (unpaired) electrons. The van der Waals surface area contributed by atoms with Gasteiger partial charge in [-0.1, -0.05) is 47.6 Å². The lowest BCUT2D eigenvalue weighted by molar-refractivity contribution is 0.0530. The van der Waals surface area contributed by atoms with E-state index in [0.29, 0.717) is 30.0 Å². The average molecular weight is 468 g/mol. The van der Waals surface area contributed by atoms with E-state index >= 15 is 0 Å². The quantitative estimate of drug-likeness (QED) is 0.196. The molecule has 0 aliphatic heterocycles. The molecule has 0 spiro atoms. The maximum Gasteiger partial charge on any atom is 0.348 e. The number of carbonyl (C=O) groups excluding carboxylic acids is 1. The van der Waals surface area contributed by atoms with Crippen molar-refractivity contribution in [3.05, 3.63) is 81.7 Å². The summed E-state index contributed by atoms with van der Waals surface area (Å²) in [5.41, 5.74) is 4.76. The van der Waals surface area contributed by atoms with Crippen LogP contribution < -0.4 is 4.74 Å². The van der Waals surface area contributed by atoms with Crippen LogP contribution in [0.2, 0.25) is 0 Å². The van der Waals surface area contributed by atoms with Gasteiger partial charge in [-0.15, -0.1) is 23.1 Å². The Bertz CT molecular complexity index is 1110. The molecule has 0 amide bonds. The highest BCUT2D eigenvalue weighted by Crippen LogP contribution is 2.45. The molecule has 1 N–H and O–H groups in total. The third kappa shape index (κ3) is 4.69. The lowest BCUT2D eigenvalue weighted by Gasteiger charge is -2.25. The molecule has 1 atom stereocenters. The predicted molar refractivity (Wildman–Crippen MR) is 129 cm³/mol. The number of carbonyl (C=O) groups is 1. The zero-order valence-electron chi connectivity index (χ0n) is 18.0. The van der Waals surface area contributed by atoms with Crippen molar-refractivity contribution >= 4 is 34.8 Å². The topological polar surface area (TPSA) is 68.1 Å². The average Bonchev–Trinajstić information content (AvgIpc) is 3.22. The Morgan fingerprint density at radius 2 is 1.91 bits per heavy atom. The van der Waals surface area contributed by atoms with Crippen LogP contribution in [0, 0.1) is 0 Å². The molecule has 0 fully saturated rings. The van der Waals surface area contributed by atoms with Gasteiger partial charge in [-0.2, -0.15) is 0 Å². The summed E-state index contributed by atoms with van der Waals surface area (Å²) in [6, 6.07) is 18.1. The van der Waals surface area contributed by atoms with Crippen LogP contribution in [-0.4, -0.2) is 30.6 Å². The van der Waals surface area contributed by atoms with E-state index < -0.39 is 0 Å². The van der Waals surface area contributed by atoms with Crippen molar-refractivity contribution in [1.29, 1.82) is 0 Å². The Balaban J connectivity index is 1.70. The van der Waals surface area contributed by atoms with Crippen LogP contribution in [0.1, 0.15) is 51.2 Å². The SMILES string of the molecule is CCOC(=O)c1sc(SCc2ccccc2)c2c1CC(c1ccc(OC)cc1)CC2=NO. The lowest BCUT2D eigenvalue weighted by Crippen LogP contribution is -2.21. The molecule has 1 heterocycles. The molecular weight excluding hydrogens is 442 g/mol. The monoisotopic (exact) mass is 467 g/mol. The summed E-state index contributed by atoms with van der Waals surface area (Å²) in [4.78, 5) is 13.4. The van der Waals surface area contributed by atoms with E-state index in [1.165, 1.54) is 16.9 Å². The number of esters is 1. The van der Waals surface area contributed by atoms with Crippen molar-refractivity contribution in [2.75, 3.05) is 13.7 Å². The first kappa shape index (κ1) is 22.4. The van der Waals surface area contributed by atoms with Crippen molar-refractivity contribution in [3.63, 3.8) is 0 Å². The third-order valence-corrected chi connectivity index (χ3v) is 8.09. The van der Waals surface area contributed by atoms with Crippen LogP contribution in [0.3, 0.4) is 0 Å². The third-order valence-electron chi connectivity index (χ3n) is 5.54. The van der Waals surface area contributed by atoms with E-state index in [4.69, 9.17) is 9.47 Å². The van der Waals surface area contributed by atoms with Gasteiger partial charge in [0, 0.05) is 17.7 Å². The number of fused-ring (bicyclic) bond motifs is 1. The van der Waals surface area contributed by atoms with Crippen LogP contribution in [0.15, 0.2) is 64.0 Å². The highest BCUT2D eigenvalue weighted by molar-refractivity contribution is 8.00. The molecule has 1 aliphatic carbocycles. The van der Waals surface area contributed by atoms with Gasteiger partial charge >= 0.3 is 5.97 Å². The van der Waals surface area contributed by atoms with E-state index in [9.17, 15) is 10.0 Å². The maximum absolute atomic E-state index is 12.8. The number of thiophene rings is 1. The summed E-state index contributed by atoms with van der Waals surface area (Å²) in [7, 11) is 1.64. The van der Waals surface area contributed by atoms with Crippen LogP contribution in [-0.2, 0) is 16.9 Å². The molecule has 0 bridgehead atoms. The summed E-state index contributed by atoms with van der Waals surface area (Å²) in [6.07, 6.45) is 1.30. The number of nitrogens with zero attached hydrogens (tertiary/aromatic N) is 1. The zero-order valence-corrected chi connectivity index (χ0v) is 19.7. The van der Waals surface area contributed by atoms with Gasteiger partial charge in [0.15, 0.2) is 0 Å². The number of ether oxygens (including phenoxy) is 2. The molecule has 1 aromatic heterocycles. The first-order valence-corrected chi connectivity index (χ1v) is 12.3. The molecule has 5 nitrogen and oxygen atoms in total. The number of hydrogen-bond donors (Lipinski definition) is 1. The van der Waals surface area contributed by atoms with Gasteiger partial charge < -0.3 is 14.7 Å². The number of oxime groups is 1. The Kier molecular flexibility index (Phi) is 7.17. The van der Waals surface area contributed by atoms with E-state index in [2.05, 4.69) is 17.3 Å². The summed E-state index contributed by atoms with van der Waals surface area (Å²) in [6.45, 7) is 2.13. The van der Waals surface area contributed by atoms with Crippen molar-refractivity contribution in [2.24, 2.45) is 5.16 Å². The van der Waals surface area contributed by atoms with Crippen LogP contribution in [0.4, 0.5) is 0 Å². The summed E-state index contributed by atoms with van der Waals surface area (Å²) in [5.74, 6) is 1.36. The molecule has 2 aromatic carbocycles. The van der Waals surface area contributed by atoms with Crippen molar-refractivity contribution < 1.29 is 19.5 Å². The lowest BCUT2D eigenvalue weighted by atomic mass is 9.80. The van der Waals surface area contributed by atoms with Gasteiger partial charge in [0.25, 0.3) is 0 Å². The van der Waals surface area contributed by atoms with Gasteiger partial charge in [-0.3, -0.25) is 0 Å². The number of thioether (sulfide) groups is 1. The minimum absolute atomic E-state index is 0.106. The van der Waals surface area contributed by atoms with Gasteiger partial charge in [0.05, 0.1) is 23.6 Å². The Morgan fingerprint density at radius 3 is 2.56 bits per heavy atom. The second-order valence-corrected chi connectivity index (χ2v) is 9.76. The Morgan fingerprint density at radius 1 is 1.16 bits per heavy atom. The van der Waals surface area contributed by atoms with Gasteiger partial charge in [0.1, 0.15) is 10.6 Å². The van der Waals surface area contributed by atoms with Crippen molar-refractivity contribution in [1.82, 2.24) is 0 Å². The standard InChI is InChI=1S/C25H25NO4S2/c1-3-30-24(27)23-20-13-18(17-9-11-19(29-2)12-10-17)14-21(26-28)22(20)25(32-23)31-15-16-7-5-4-6-8-16/h4-12,18,28H,3,13-15H2,1-2H3. The zero-order chi connectivity index (χ0) is 22.5. The number of hydrogen-bond acceptors (Lipinski definition) is 7. The number of rotatable bonds is 7. The molecule has 3 aromatic rings. The highest BCUT2D eigenvalue weighted by atomic mass is 32.2. The minimum Gasteiger partial charge on any atom is -0.497 e. The van der Waals surface area contributed by atoms with Gasteiger partial charge in [-0.05, 0) is 48.1 Å². The molecule has 0 saturated carbocycles. The summed E-state index contributed by atoms with van der Waals surface area (Å²) >= 11 is 3.11. The first-order valence-electron chi connectivity index (χ1n) is 10.5. The van der Waals surface area contributed by atoms with Crippen LogP contribution in [0.25, 0.3) is 0 Å². The highest BCUT2D eigenvalue weighted by Gasteiger charge is 2.34. The van der Waals surface area contributed by atoms with E-state index in [0.717, 1.165) is 32.4 Å². The largest absolute Gasteiger partial charge is 0.497 e. The Labute approximate surface area is 196 Å². The number of benzene rings is 2. The molecule has 7 heteroatoms. The second kappa shape index (κ2) is 10.2. The van der Waals surface area contributed by atoms with E-state index in [1.807, 2.05) is 49.4 Å². The molecule has 1 aliphatic rings. The fourth-order valence-electron chi connectivity index (χ4n) is 3.97. The van der Waals surface area contributed by atoms with Crippen molar-refractivity contribution in [3.8, 4) is 5.75 Å². The molecule has 166 valence electrons. The van der Waals surface area contributed by atoms with Gasteiger partial charge in [0.2, 0.25) is 0 Å².